The van der Waals surface area contributed by atoms with Crippen molar-refractivity contribution in [2.45, 2.75) is 214 Å². The van der Waals surface area contributed by atoms with Gasteiger partial charge >= 0.3 is 0 Å². The van der Waals surface area contributed by atoms with Crippen LogP contribution in [0.25, 0.3) is 0 Å². The molecule has 1 spiro atoms. The first-order valence-electron chi connectivity index (χ1n) is 23.5. The molecule has 0 aromatic heterocycles. The first kappa shape index (κ1) is 48.0. The van der Waals surface area contributed by atoms with E-state index in [0.717, 1.165) is 12.8 Å². The van der Waals surface area contributed by atoms with Gasteiger partial charge in [0.15, 0.2) is 24.7 Å². The molecule has 0 amide bonds. The predicted octanol–water partition coefficient (Wildman–Crippen LogP) is -1.56. The zero-order valence-electron chi connectivity index (χ0n) is 37.4. The van der Waals surface area contributed by atoms with Gasteiger partial charge in [-0.1, -0.05) is 32.4 Å². The molecule has 8 fully saturated rings. The smallest absolute Gasteiger partial charge is 0.187 e. The topological polar surface area (TPSA) is 296 Å². The van der Waals surface area contributed by atoms with Crippen LogP contribution in [0.5, 0.6) is 0 Å². The first-order valence-corrected chi connectivity index (χ1v) is 23.5. The van der Waals surface area contributed by atoms with Crippen LogP contribution in [-0.2, 0) is 37.9 Å². The monoisotopic (exact) mass is 916 g/mol. The fourth-order valence-corrected chi connectivity index (χ4v) is 14.2. The molecule has 5 heterocycles. The van der Waals surface area contributed by atoms with E-state index in [-0.39, 0.29) is 48.4 Å². The molecule has 9 rings (SSSR count). The predicted molar refractivity (Wildman–Crippen MR) is 217 cm³/mol. The SMILES string of the molecule is C[C@@H]1O[C@@H](O[C@H]2[C@H](O[C@H]3CC[C@@]4(C)C(=CC[C@@H]5[C@@H]4CC[C@]4(C)[C@@H]6[C@H](C[C@@]54O)O[C@]4(CCC(CO)(CO)O4)[C@H]6C)C3)O[C@H](CO)[C@@H](O[C@@H]3O[C@@H](C)[C@H](O)[C@@H](O)[C@H]3O)[C@@H]2O)[C@H](O)[C@H](O)[C@H]1O. The fourth-order valence-electron chi connectivity index (χ4n) is 14.2. The van der Waals surface area contributed by atoms with E-state index in [1.165, 1.54) is 19.4 Å². The average Bonchev–Trinajstić information content (AvgIpc) is 3.86. The first-order chi connectivity index (χ1) is 30.2. The van der Waals surface area contributed by atoms with Crippen LogP contribution >= 0.6 is 0 Å². The van der Waals surface area contributed by atoms with Crippen molar-refractivity contribution in [2.75, 3.05) is 19.8 Å². The number of allylic oxidation sites excluding steroid dienone is 1. The van der Waals surface area contributed by atoms with Gasteiger partial charge < -0.3 is 94.1 Å². The highest BCUT2D eigenvalue weighted by Crippen LogP contribution is 2.72. The summed E-state index contributed by atoms with van der Waals surface area (Å²) < 4.78 is 49.7. The Kier molecular flexibility index (Phi) is 12.9. The van der Waals surface area contributed by atoms with Crippen LogP contribution in [0.15, 0.2) is 11.6 Å². The van der Waals surface area contributed by atoms with Gasteiger partial charge in [0, 0.05) is 30.1 Å². The minimum atomic E-state index is -1.75. The van der Waals surface area contributed by atoms with Gasteiger partial charge in [0.05, 0.1) is 49.8 Å². The minimum Gasteiger partial charge on any atom is -0.394 e. The van der Waals surface area contributed by atoms with E-state index in [1.54, 1.807) is 0 Å². The lowest BCUT2D eigenvalue weighted by Crippen LogP contribution is -2.66. The highest BCUT2D eigenvalue weighted by molar-refractivity contribution is 5.30. The Morgan fingerprint density at radius 2 is 1.30 bits per heavy atom. The van der Waals surface area contributed by atoms with Crippen LogP contribution in [0.3, 0.4) is 0 Å². The molecule has 64 heavy (non-hydrogen) atoms. The lowest BCUT2D eigenvalue weighted by molar-refractivity contribution is -0.388. The van der Waals surface area contributed by atoms with E-state index < -0.39 is 127 Å². The molecule has 25 atom stereocenters. The second-order valence-electron chi connectivity index (χ2n) is 21.3. The van der Waals surface area contributed by atoms with Gasteiger partial charge in [-0.15, -0.1) is 0 Å². The van der Waals surface area contributed by atoms with Gasteiger partial charge in [-0.05, 0) is 76.0 Å². The Morgan fingerprint density at radius 1 is 0.672 bits per heavy atom. The third kappa shape index (κ3) is 7.25. The third-order valence-corrected chi connectivity index (χ3v) is 18.1. The maximum Gasteiger partial charge on any atom is 0.187 e. The summed E-state index contributed by atoms with van der Waals surface area (Å²) in [4.78, 5) is 0. The molecule has 3 saturated carbocycles. The maximum atomic E-state index is 13.0. The summed E-state index contributed by atoms with van der Waals surface area (Å²) in [5.41, 5.74) is -1.56. The van der Waals surface area contributed by atoms with Crippen molar-refractivity contribution in [1.29, 1.82) is 0 Å². The van der Waals surface area contributed by atoms with Gasteiger partial charge in [0.1, 0.15) is 66.6 Å². The van der Waals surface area contributed by atoms with Crippen molar-refractivity contribution in [3.8, 4) is 0 Å². The molecule has 19 nitrogen and oxygen atoms in total. The molecule has 19 heteroatoms. The summed E-state index contributed by atoms with van der Waals surface area (Å²) in [6.45, 7) is 8.30. The van der Waals surface area contributed by atoms with Crippen LogP contribution in [-0.4, -0.2) is 197 Å². The van der Waals surface area contributed by atoms with E-state index in [2.05, 4.69) is 26.8 Å². The maximum absolute atomic E-state index is 13.0. The highest BCUT2D eigenvalue weighted by atomic mass is 16.8. The Hall–Kier alpha value is -1.02. The second kappa shape index (κ2) is 17.1. The van der Waals surface area contributed by atoms with Crippen LogP contribution in [0.2, 0.25) is 0 Å². The van der Waals surface area contributed by atoms with Crippen molar-refractivity contribution in [1.82, 2.24) is 0 Å². The van der Waals surface area contributed by atoms with Gasteiger partial charge in [-0.2, -0.15) is 0 Å². The van der Waals surface area contributed by atoms with Gasteiger partial charge in [-0.25, -0.2) is 0 Å². The zero-order chi connectivity index (χ0) is 46.1. The fraction of sp³-hybridized carbons (Fsp3) is 0.956. The number of ether oxygens (including phenoxy) is 8. The molecule has 5 saturated heterocycles. The molecule has 0 aromatic carbocycles. The summed E-state index contributed by atoms with van der Waals surface area (Å²) in [6, 6.07) is 0. The molecule has 4 aliphatic carbocycles. The van der Waals surface area contributed by atoms with Crippen LogP contribution in [0.4, 0.5) is 0 Å². The largest absolute Gasteiger partial charge is 0.394 e. The van der Waals surface area contributed by atoms with Crippen molar-refractivity contribution < 1.29 is 94.1 Å². The third-order valence-electron chi connectivity index (χ3n) is 18.1. The number of hydrogen-bond acceptors (Lipinski definition) is 19. The van der Waals surface area contributed by atoms with Crippen molar-refractivity contribution in [2.24, 2.45) is 34.5 Å². The van der Waals surface area contributed by atoms with E-state index in [0.29, 0.717) is 44.9 Å². The second-order valence-corrected chi connectivity index (χ2v) is 21.3. The number of aliphatic hydroxyl groups excluding tert-OH is 10. The van der Waals surface area contributed by atoms with Gasteiger partial charge in [-0.3, -0.25) is 0 Å². The molecule has 0 radical (unpaired) electrons. The van der Waals surface area contributed by atoms with E-state index in [9.17, 15) is 56.2 Å². The van der Waals surface area contributed by atoms with Crippen molar-refractivity contribution in [3.63, 3.8) is 0 Å². The summed E-state index contributed by atoms with van der Waals surface area (Å²) in [6.07, 6.45) is -14.9. The highest BCUT2D eigenvalue weighted by Gasteiger charge is 2.75. The normalized spacial score (nSPS) is 56.9. The van der Waals surface area contributed by atoms with Crippen LogP contribution in [0, 0.1) is 34.5 Å². The van der Waals surface area contributed by atoms with Crippen LogP contribution in [0.1, 0.15) is 92.4 Å². The summed E-state index contributed by atoms with van der Waals surface area (Å²) >= 11 is 0. The molecule has 5 aliphatic heterocycles. The molecule has 11 N–H and O–H groups in total. The van der Waals surface area contributed by atoms with Gasteiger partial charge in [0.2, 0.25) is 0 Å². The summed E-state index contributed by atoms with van der Waals surface area (Å²) in [5.74, 6) is -0.797. The Balaban J connectivity index is 0.926. The van der Waals surface area contributed by atoms with Gasteiger partial charge in [0.25, 0.3) is 0 Å². The van der Waals surface area contributed by atoms with Crippen molar-refractivity contribution >= 4 is 0 Å². The van der Waals surface area contributed by atoms with E-state index in [4.69, 9.17) is 37.9 Å². The lowest BCUT2D eigenvalue weighted by atomic mass is 9.45. The summed E-state index contributed by atoms with van der Waals surface area (Å²) in [7, 11) is 0. The molecule has 0 bridgehead atoms. The summed E-state index contributed by atoms with van der Waals surface area (Å²) in [5, 5.41) is 119. The van der Waals surface area contributed by atoms with E-state index >= 15 is 0 Å². The number of rotatable bonds is 9. The zero-order valence-corrected chi connectivity index (χ0v) is 37.4. The molecule has 0 aromatic rings. The Bertz CT molecular complexity index is 1720. The number of aliphatic hydroxyl groups is 11. The Labute approximate surface area is 373 Å². The van der Waals surface area contributed by atoms with Crippen LogP contribution < -0.4 is 0 Å². The molecule has 9 aliphatic rings. The minimum absolute atomic E-state index is 0.0256. The van der Waals surface area contributed by atoms with Crippen molar-refractivity contribution in [3.05, 3.63) is 11.6 Å². The molecular formula is C45H72O19. The average molecular weight is 917 g/mol. The van der Waals surface area contributed by atoms with E-state index in [1.807, 2.05) is 0 Å². The molecule has 366 valence electrons. The molecular weight excluding hydrogens is 844 g/mol. The standard InChI is InChI=1S/C45H72O19/c1-19-28-26(63-45(19)13-12-43(17-47,18-48)64-45)15-44(56)25-7-6-22-14-23(8-10-41(22,4)24(25)9-11-42(28,44)5)59-40-37(62-39-34(54)32(52)30(50)21(3)58-39)35(55)36(27(16-46)60-40)61-38-33(53)31(51)29(49)20(2)57-38/h6,19-21,23-40,46-56H,7-18H2,1-5H3/t19-,20-,21-,23-,24-,25+,26-,27+,28-,29-,30-,31+,32+,33+,34+,35-,36+,37+,38-,39-,40+,41-,42+,44+,45-/m0/s1. The number of hydrogen-bond donors (Lipinski definition) is 11. The Morgan fingerprint density at radius 3 is 1.89 bits per heavy atom. The molecule has 0 unspecified atom stereocenters. The lowest BCUT2D eigenvalue weighted by Gasteiger charge is -2.61. The number of fused-ring (bicyclic) bond motifs is 7. The quantitative estimate of drug-likeness (QED) is 0.117.